The van der Waals surface area contributed by atoms with Gasteiger partial charge in [0, 0.05) is 30.7 Å². The van der Waals surface area contributed by atoms with Gasteiger partial charge in [-0.15, -0.1) is 0 Å². The van der Waals surface area contributed by atoms with Crippen LogP contribution in [0.4, 0.5) is 0 Å². The number of aromatic nitrogens is 2. The number of nitrogens with zero attached hydrogens (tertiary/aromatic N) is 1. The molecule has 1 heterocycles. The first kappa shape index (κ1) is 13.2. The minimum atomic E-state index is -3.09. The molecule has 0 bridgehead atoms. The second-order valence-corrected chi connectivity index (χ2v) is 6.67. The Hall–Kier alpha value is -0.880. The topological polar surface area (TPSA) is 74.8 Å². The van der Waals surface area contributed by atoms with Crippen molar-refractivity contribution < 1.29 is 8.42 Å². The molecule has 2 N–H and O–H groups in total. The molecule has 6 heteroatoms. The van der Waals surface area contributed by atoms with Crippen molar-refractivity contribution in [3.8, 4) is 0 Å². The predicted molar refractivity (Wildman–Crippen MR) is 63.8 cm³/mol. The minimum Gasteiger partial charge on any atom is -0.344 e. The Morgan fingerprint density at radius 2 is 2.06 bits per heavy atom. The molecule has 1 atom stereocenters. The molecule has 0 fully saturated rings. The Morgan fingerprint density at radius 3 is 2.56 bits per heavy atom. The van der Waals surface area contributed by atoms with E-state index in [1.54, 1.807) is 13.1 Å². The van der Waals surface area contributed by atoms with E-state index in [0.29, 0.717) is 18.4 Å². The van der Waals surface area contributed by atoms with Gasteiger partial charge in [-0.05, 0) is 6.92 Å². The van der Waals surface area contributed by atoms with E-state index in [1.165, 1.54) is 6.26 Å². The molecule has 16 heavy (non-hydrogen) atoms. The fraction of sp³-hybridized carbons (Fsp3) is 0.700. The number of aromatic amines is 1. The summed E-state index contributed by atoms with van der Waals surface area (Å²) in [4.78, 5) is 7.11. The van der Waals surface area contributed by atoms with E-state index < -0.39 is 15.1 Å². The number of nitrogens with one attached hydrogen (secondary N) is 2. The van der Waals surface area contributed by atoms with Gasteiger partial charge in [-0.25, -0.2) is 13.4 Å². The minimum absolute atomic E-state index is 0.388. The van der Waals surface area contributed by atoms with Crippen LogP contribution in [0, 0.1) is 0 Å². The molecule has 0 radical (unpaired) electrons. The predicted octanol–water partition coefficient (Wildman–Crippen LogP) is 1.01. The number of hydrogen-bond donors (Lipinski definition) is 2. The molecular weight excluding hydrogens is 226 g/mol. The fourth-order valence-corrected chi connectivity index (χ4v) is 1.72. The smallest absolute Gasteiger partial charge is 0.157 e. The molecule has 0 saturated carbocycles. The quantitative estimate of drug-likeness (QED) is 0.812. The second-order valence-electron chi connectivity index (χ2n) is 4.30. The van der Waals surface area contributed by atoms with E-state index in [-0.39, 0.29) is 0 Å². The summed E-state index contributed by atoms with van der Waals surface area (Å²) in [5.74, 6) is 0.503. The van der Waals surface area contributed by atoms with Crippen molar-refractivity contribution in [1.29, 1.82) is 0 Å². The van der Waals surface area contributed by atoms with Gasteiger partial charge in [0.15, 0.2) is 9.84 Å². The van der Waals surface area contributed by atoms with E-state index in [1.807, 2.05) is 0 Å². The highest BCUT2D eigenvalue weighted by Gasteiger charge is 2.20. The molecule has 1 aromatic rings. The number of rotatable bonds is 5. The van der Waals surface area contributed by atoms with Crippen molar-refractivity contribution >= 4 is 9.84 Å². The van der Waals surface area contributed by atoms with E-state index in [0.717, 1.165) is 5.69 Å². The maximum absolute atomic E-state index is 11.3. The molecule has 0 spiro atoms. The van der Waals surface area contributed by atoms with Crippen molar-refractivity contribution in [3.63, 3.8) is 0 Å². The average molecular weight is 245 g/mol. The van der Waals surface area contributed by atoms with Crippen LogP contribution >= 0.6 is 0 Å². The highest BCUT2D eigenvalue weighted by atomic mass is 32.2. The van der Waals surface area contributed by atoms with Crippen LogP contribution in [0.15, 0.2) is 6.20 Å². The van der Waals surface area contributed by atoms with Gasteiger partial charge >= 0.3 is 0 Å². The summed E-state index contributed by atoms with van der Waals surface area (Å²) in [5, 5.41) is 2.65. The summed E-state index contributed by atoms with van der Waals surface area (Å²) >= 11 is 0. The van der Waals surface area contributed by atoms with Gasteiger partial charge in [-0.2, -0.15) is 0 Å². The van der Waals surface area contributed by atoms with Crippen LogP contribution in [0.25, 0.3) is 0 Å². The third-order valence-corrected chi connectivity index (χ3v) is 3.88. The average Bonchev–Trinajstić information content (AvgIpc) is 2.60. The van der Waals surface area contributed by atoms with Crippen LogP contribution < -0.4 is 5.32 Å². The number of hydrogen-bond acceptors (Lipinski definition) is 4. The molecular formula is C10H19N3O2S. The van der Waals surface area contributed by atoms with E-state index in [4.69, 9.17) is 0 Å². The molecule has 1 aromatic heterocycles. The molecule has 0 amide bonds. The standard InChI is InChI=1S/C10H19N3O2S/c1-7(2)11-5-9-6-12-10(13-9)8(3)16(4,14)15/h6-8,11H,5H2,1-4H3,(H,12,13). The molecule has 0 saturated heterocycles. The van der Waals surface area contributed by atoms with Gasteiger partial charge in [0.1, 0.15) is 11.1 Å². The molecule has 92 valence electrons. The molecule has 0 aliphatic carbocycles. The Labute approximate surface area is 96.6 Å². The SMILES string of the molecule is CC(C)NCc1cnc(C(C)S(C)(=O)=O)[nH]1. The van der Waals surface area contributed by atoms with Crippen LogP contribution in [0.3, 0.4) is 0 Å². The summed E-state index contributed by atoms with van der Waals surface area (Å²) in [6, 6.07) is 0.388. The van der Waals surface area contributed by atoms with Crippen LogP contribution in [0.1, 0.15) is 37.5 Å². The number of sulfone groups is 1. The van der Waals surface area contributed by atoms with Crippen molar-refractivity contribution in [2.45, 2.75) is 38.6 Å². The summed E-state index contributed by atoms with van der Waals surface area (Å²) in [5.41, 5.74) is 0.902. The van der Waals surface area contributed by atoms with Gasteiger partial charge in [0.25, 0.3) is 0 Å². The maximum atomic E-state index is 11.3. The Kier molecular flexibility index (Phi) is 4.09. The van der Waals surface area contributed by atoms with Crippen molar-refractivity contribution in [1.82, 2.24) is 15.3 Å². The lowest BCUT2D eigenvalue weighted by molar-refractivity contribution is 0.580. The fourth-order valence-electron chi connectivity index (χ4n) is 1.19. The molecule has 0 aromatic carbocycles. The van der Waals surface area contributed by atoms with Gasteiger partial charge in [-0.1, -0.05) is 13.8 Å². The Balaban J connectivity index is 2.72. The lowest BCUT2D eigenvalue weighted by atomic mass is 10.3. The van der Waals surface area contributed by atoms with E-state index in [2.05, 4.69) is 29.1 Å². The molecule has 1 unspecified atom stereocenters. The van der Waals surface area contributed by atoms with Crippen LogP contribution in [-0.4, -0.2) is 30.7 Å². The molecule has 0 aliphatic rings. The Morgan fingerprint density at radius 1 is 1.44 bits per heavy atom. The zero-order chi connectivity index (χ0) is 12.3. The summed E-state index contributed by atoms with van der Waals surface area (Å²) < 4.78 is 22.7. The lowest BCUT2D eigenvalue weighted by Gasteiger charge is -2.07. The van der Waals surface area contributed by atoms with Crippen molar-refractivity contribution in [2.75, 3.05) is 6.26 Å². The van der Waals surface area contributed by atoms with Gasteiger partial charge in [-0.3, -0.25) is 0 Å². The van der Waals surface area contributed by atoms with Gasteiger partial charge in [0.05, 0.1) is 0 Å². The Bertz CT molecular complexity index is 437. The summed E-state index contributed by atoms with van der Waals surface area (Å²) in [6.45, 7) is 6.40. The van der Waals surface area contributed by atoms with Crippen molar-refractivity contribution in [3.05, 3.63) is 17.7 Å². The van der Waals surface area contributed by atoms with E-state index in [9.17, 15) is 8.42 Å². The van der Waals surface area contributed by atoms with E-state index >= 15 is 0 Å². The van der Waals surface area contributed by atoms with Crippen LogP contribution in [0.2, 0.25) is 0 Å². The highest BCUT2D eigenvalue weighted by Crippen LogP contribution is 2.17. The lowest BCUT2D eigenvalue weighted by Crippen LogP contribution is -2.22. The number of H-pyrrole nitrogens is 1. The van der Waals surface area contributed by atoms with Gasteiger partial charge < -0.3 is 10.3 Å². The zero-order valence-electron chi connectivity index (χ0n) is 10.1. The van der Waals surface area contributed by atoms with Gasteiger partial charge in [0.2, 0.25) is 0 Å². The summed E-state index contributed by atoms with van der Waals surface area (Å²) in [6.07, 6.45) is 2.89. The first-order valence-corrected chi connectivity index (χ1v) is 7.22. The maximum Gasteiger partial charge on any atom is 0.157 e. The molecule has 5 nitrogen and oxygen atoms in total. The van der Waals surface area contributed by atoms with Crippen LogP contribution in [-0.2, 0) is 16.4 Å². The zero-order valence-corrected chi connectivity index (χ0v) is 10.9. The van der Waals surface area contributed by atoms with Crippen molar-refractivity contribution in [2.24, 2.45) is 0 Å². The first-order chi connectivity index (χ1) is 7.30. The second kappa shape index (κ2) is 4.97. The molecule has 1 rings (SSSR count). The monoisotopic (exact) mass is 245 g/mol. The number of imidazole rings is 1. The van der Waals surface area contributed by atoms with Crippen LogP contribution in [0.5, 0.6) is 0 Å². The first-order valence-electron chi connectivity index (χ1n) is 5.26. The highest BCUT2D eigenvalue weighted by molar-refractivity contribution is 7.90. The third-order valence-electron chi connectivity index (χ3n) is 2.38. The molecule has 0 aliphatic heterocycles. The largest absolute Gasteiger partial charge is 0.344 e. The normalized spacial score (nSPS) is 14.3. The summed E-state index contributed by atoms with van der Waals surface area (Å²) in [7, 11) is -3.09. The third kappa shape index (κ3) is 3.61.